The summed E-state index contributed by atoms with van der Waals surface area (Å²) < 4.78 is 0. The number of hydrogen-bond acceptors (Lipinski definition) is 4. The van der Waals surface area contributed by atoms with Gasteiger partial charge in [-0.15, -0.1) is 11.8 Å². The lowest BCUT2D eigenvalue weighted by Crippen LogP contribution is -2.41. The summed E-state index contributed by atoms with van der Waals surface area (Å²) in [7, 11) is 0. The predicted octanol–water partition coefficient (Wildman–Crippen LogP) is 2.20. The van der Waals surface area contributed by atoms with E-state index in [-0.39, 0.29) is 11.9 Å². The minimum Gasteiger partial charge on any atom is -0.351 e. The minimum atomic E-state index is -0.0274. The van der Waals surface area contributed by atoms with Gasteiger partial charge in [-0.05, 0) is 36.4 Å². The third-order valence-electron chi connectivity index (χ3n) is 4.67. The van der Waals surface area contributed by atoms with E-state index in [0.717, 1.165) is 24.1 Å². The van der Waals surface area contributed by atoms with Gasteiger partial charge in [-0.25, -0.2) is 0 Å². The van der Waals surface area contributed by atoms with Crippen LogP contribution in [-0.4, -0.2) is 41.6 Å². The Balaban J connectivity index is 1.46. The Labute approximate surface area is 143 Å². The molecule has 2 saturated heterocycles. The van der Waals surface area contributed by atoms with Crippen LogP contribution >= 0.6 is 11.8 Å². The van der Waals surface area contributed by atoms with Crippen LogP contribution in [0.25, 0.3) is 0 Å². The lowest BCUT2D eigenvalue weighted by molar-refractivity contribution is -0.122. The molecule has 2 heterocycles. The molecule has 3 rings (SSSR count). The molecule has 1 amide bonds. The molecule has 0 aromatic heterocycles. The third-order valence-corrected chi connectivity index (χ3v) is 5.61. The molecule has 4 nitrogen and oxygen atoms in total. The molecule has 0 aliphatic carbocycles. The summed E-state index contributed by atoms with van der Waals surface area (Å²) in [6.07, 6.45) is 2.68. The quantitative estimate of drug-likeness (QED) is 0.867. The van der Waals surface area contributed by atoms with Gasteiger partial charge < -0.3 is 5.32 Å². The monoisotopic (exact) mass is 333 g/mol. The Hall–Kier alpha value is -1.04. The van der Waals surface area contributed by atoms with Crippen LogP contribution in [0.15, 0.2) is 24.3 Å². The maximum atomic E-state index is 12.0. The predicted molar refractivity (Wildman–Crippen MR) is 96.2 cm³/mol. The van der Waals surface area contributed by atoms with Crippen molar-refractivity contribution in [2.24, 2.45) is 5.92 Å². The van der Waals surface area contributed by atoms with Crippen molar-refractivity contribution in [2.45, 2.75) is 38.9 Å². The first-order chi connectivity index (χ1) is 11.2. The lowest BCUT2D eigenvalue weighted by atomic mass is 9.99. The van der Waals surface area contributed by atoms with Gasteiger partial charge in [0.05, 0.1) is 6.04 Å². The Bertz CT molecular complexity index is 514. The molecule has 23 heavy (non-hydrogen) atoms. The van der Waals surface area contributed by atoms with Crippen LogP contribution in [0.2, 0.25) is 0 Å². The summed E-state index contributed by atoms with van der Waals surface area (Å²) in [5.41, 5.74) is 2.53. The van der Waals surface area contributed by atoms with Gasteiger partial charge in [0.25, 0.3) is 0 Å². The van der Waals surface area contributed by atoms with E-state index in [1.165, 1.54) is 37.1 Å². The van der Waals surface area contributed by atoms with E-state index in [2.05, 4.69) is 46.7 Å². The van der Waals surface area contributed by atoms with E-state index >= 15 is 0 Å². The first kappa shape index (κ1) is 16.8. The normalized spacial score (nSPS) is 25.4. The average Bonchev–Trinajstić information content (AvgIpc) is 3.08. The molecule has 0 radical (unpaired) electrons. The molecule has 1 aromatic rings. The van der Waals surface area contributed by atoms with Gasteiger partial charge in [-0.1, -0.05) is 31.2 Å². The summed E-state index contributed by atoms with van der Waals surface area (Å²) in [6, 6.07) is 8.65. The summed E-state index contributed by atoms with van der Waals surface area (Å²) in [6.45, 7) is 6.43. The Morgan fingerprint density at radius 3 is 2.83 bits per heavy atom. The van der Waals surface area contributed by atoms with Crippen LogP contribution in [0.4, 0.5) is 0 Å². The highest BCUT2D eigenvalue weighted by atomic mass is 32.2. The summed E-state index contributed by atoms with van der Waals surface area (Å²) in [5.74, 6) is 2.68. The second-order valence-electron chi connectivity index (χ2n) is 6.79. The second kappa shape index (κ2) is 8.18. The van der Waals surface area contributed by atoms with E-state index < -0.39 is 0 Å². The molecule has 2 aliphatic rings. The van der Waals surface area contributed by atoms with Crippen molar-refractivity contribution < 1.29 is 4.79 Å². The zero-order chi connectivity index (χ0) is 16.1. The highest BCUT2D eigenvalue weighted by Crippen LogP contribution is 2.18. The molecule has 2 unspecified atom stereocenters. The Kier molecular flexibility index (Phi) is 5.97. The number of likely N-dealkylation sites (tertiary alicyclic amines) is 1. The molecular formula is C18H27N3OS. The van der Waals surface area contributed by atoms with Gasteiger partial charge >= 0.3 is 0 Å². The maximum absolute atomic E-state index is 12.0. The van der Waals surface area contributed by atoms with Crippen molar-refractivity contribution >= 4 is 17.7 Å². The molecule has 2 fully saturated rings. The molecule has 0 spiro atoms. The molecule has 2 atom stereocenters. The van der Waals surface area contributed by atoms with E-state index in [0.29, 0.717) is 6.54 Å². The molecule has 2 aliphatic heterocycles. The molecule has 0 bridgehead atoms. The average molecular weight is 334 g/mol. The van der Waals surface area contributed by atoms with Crippen molar-refractivity contribution in [1.29, 1.82) is 0 Å². The number of nitrogens with one attached hydrogen (secondary N) is 2. The molecule has 5 heteroatoms. The fourth-order valence-corrected chi connectivity index (χ4v) is 4.27. The first-order valence-electron chi connectivity index (χ1n) is 8.60. The largest absolute Gasteiger partial charge is 0.351 e. The number of piperidine rings is 1. The van der Waals surface area contributed by atoms with Gasteiger partial charge in [0.1, 0.15) is 0 Å². The van der Waals surface area contributed by atoms with E-state index in [1.807, 2.05) is 0 Å². The topological polar surface area (TPSA) is 44.4 Å². The standard InChI is InChI=1S/C18H27N3OS/c1-14-3-2-8-21(10-14)11-16-6-4-15(5-7-16)9-19-18(22)17-12-23-13-20-17/h4-7,14,17,20H,2-3,8-13H2,1H3,(H,19,22). The second-order valence-corrected chi connectivity index (χ2v) is 7.82. The molecule has 1 aromatic carbocycles. The molecule has 126 valence electrons. The van der Waals surface area contributed by atoms with Gasteiger partial charge in [0.2, 0.25) is 5.91 Å². The zero-order valence-corrected chi connectivity index (χ0v) is 14.7. The Morgan fingerprint density at radius 2 is 2.13 bits per heavy atom. The SMILES string of the molecule is CC1CCCN(Cc2ccc(CNC(=O)C3CSCN3)cc2)C1. The highest BCUT2D eigenvalue weighted by Gasteiger charge is 2.21. The van der Waals surface area contributed by atoms with Crippen molar-refractivity contribution in [3.63, 3.8) is 0 Å². The van der Waals surface area contributed by atoms with Gasteiger partial charge in [-0.3, -0.25) is 15.0 Å². The summed E-state index contributed by atoms with van der Waals surface area (Å²) in [5, 5.41) is 6.22. The van der Waals surface area contributed by atoms with Crippen molar-refractivity contribution in [1.82, 2.24) is 15.5 Å². The van der Waals surface area contributed by atoms with Gasteiger partial charge in [0.15, 0.2) is 0 Å². The van der Waals surface area contributed by atoms with Crippen molar-refractivity contribution in [3.05, 3.63) is 35.4 Å². The number of carbonyl (C=O) groups excluding carboxylic acids is 1. The number of carbonyl (C=O) groups is 1. The van der Waals surface area contributed by atoms with Crippen LogP contribution in [0.5, 0.6) is 0 Å². The summed E-state index contributed by atoms with van der Waals surface area (Å²) >= 11 is 1.77. The summed E-state index contributed by atoms with van der Waals surface area (Å²) in [4.78, 5) is 14.5. The van der Waals surface area contributed by atoms with Crippen molar-refractivity contribution in [3.8, 4) is 0 Å². The van der Waals surface area contributed by atoms with E-state index in [4.69, 9.17) is 0 Å². The third kappa shape index (κ3) is 4.96. The van der Waals surface area contributed by atoms with Gasteiger partial charge in [0, 0.05) is 31.3 Å². The number of benzene rings is 1. The minimum absolute atomic E-state index is 0.0274. The van der Waals surface area contributed by atoms with Crippen LogP contribution < -0.4 is 10.6 Å². The Morgan fingerprint density at radius 1 is 1.35 bits per heavy atom. The number of rotatable bonds is 5. The van der Waals surface area contributed by atoms with Crippen LogP contribution in [0.3, 0.4) is 0 Å². The number of nitrogens with zero attached hydrogens (tertiary/aromatic N) is 1. The van der Waals surface area contributed by atoms with E-state index in [1.54, 1.807) is 11.8 Å². The van der Waals surface area contributed by atoms with Crippen LogP contribution in [0, 0.1) is 5.92 Å². The number of hydrogen-bond donors (Lipinski definition) is 2. The molecule has 0 saturated carbocycles. The first-order valence-corrected chi connectivity index (χ1v) is 9.75. The fourth-order valence-electron chi connectivity index (χ4n) is 3.33. The number of amides is 1. The smallest absolute Gasteiger partial charge is 0.238 e. The number of thioether (sulfide) groups is 1. The maximum Gasteiger partial charge on any atom is 0.238 e. The van der Waals surface area contributed by atoms with Gasteiger partial charge in [-0.2, -0.15) is 0 Å². The fraction of sp³-hybridized carbons (Fsp3) is 0.611. The lowest BCUT2D eigenvalue weighted by Gasteiger charge is -2.30. The highest BCUT2D eigenvalue weighted by molar-refractivity contribution is 7.99. The van der Waals surface area contributed by atoms with E-state index in [9.17, 15) is 4.79 Å². The zero-order valence-electron chi connectivity index (χ0n) is 13.9. The van der Waals surface area contributed by atoms with Crippen LogP contribution in [0.1, 0.15) is 30.9 Å². The molecular weight excluding hydrogens is 306 g/mol. The molecule has 2 N–H and O–H groups in total. The van der Waals surface area contributed by atoms with Crippen LogP contribution in [-0.2, 0) is 17.9 Å². The van der Waals surface area contributed by atoms with Crippen molar-refractivity contribution in [2.75, 3.05) is 24.7 Å².